The molecule has 2 unspecified atom stereocenters. The minimum atomic E-state index is -0.485. The number of anilines is 1. The Hall–Kier alpha value is -1.37. The molecular weight excluding hydrogens is 399 g/mol. The van der Waals surface area contributed by atoms with E-state index in [1.807, 2.05) is 0 Å². The number of hydrogen-bond acceptors (Lipinski definition) is 4. The molecule has 2 aliphatic carbocycles. The van der Waals surface area contributed by atoms with Crippen molar-refractivity contribution >= 4 is 24.2 Å². The first-order valence-electron chi connectivity index (χ1n) is 12.6. The molecule has 0 aromatic heterocycles. The maximum Gasteiger partial charge on any atom is 0.494 e. The SMILES string of the molecule is CC1(C)C(=O)N([C@H]2C[C@@H](N3CC4CCC3C4)C2)c2cc(B3OC(C)(C)C(C)(C)O3)ccc21. The summed E-state index contributed by atoms with van der Waals surface area (Å²) in [6.07, 6.45) is 6.40. The number of carbonyl (C=O) groups excluding carboxylic acids is 1. The van der Waals surface area contributed by atoms with E-state index in [1.54, 1.807) is 0 Å². The standard InChI is InChI=1S/C26H37BN2O3/c1-24(2)21-10-8-17(27-31-25(3,4)26(5,6)32-27)12-22(21)29(23(24)30)20-13-19(14-20)28-15-16-7-9-18(28)11-16/h8,10,12,16,18-20H,7,9,11,13-15H2,1-6H3/t16?,18?,19-,20+. The third-order valence-electron chi connectivity index (χ3n) is 9.61. The summed E-state index contributed by atoms with van der Waals surface area (Å²) in [7, 11) is -0.403. The fourth-order valence-electron chi connectivity index (χ4n) is 6.74. The molecule has 6 rings (SSSR count). The summed E-state index contributed by atoms with van der Waals surface area (Å²) in [6.45, 7) is 13.7. The van der Waals surface area contributed by atoms with Gasteiger partial charge in [-0.3, -0.25) is 9.69 Å². The van der Waals surface area contributed by atoms with E-state index in [-0.39, 0.29) is 17.1 Å². The number of carbonyl (C=O) groups is 1. The predicted octanol–water partition coefficient (Wildman–Crippen LogP) is 3.63. The van der Waals surface area contributed by atoms with Crippen LogP contribution in [0.25, 0.3) is 0 Å². The number of likely N-dealkylation sites (tertiary alicyclic amines) is 1. The summed E-state index contributed by atoms with van der Waals surface area (Å²) in [5, 5.41) is 0. The van der Waals surface area contributed by atoms with Crippen molar-refractivity contribution in [3.05, 3.63) is 23.8 Å². The second kappa shape index (κ2) is 6.61. The highest BCUT2D eigenvalue weighted by atomic mass is 16.7. The summed E-state index contributed by atoms with van der Waals surface area (Å²) < 4.78 is 12.6. The van der Waals surface area contributed by atoms with Crippen LogP contribution >= 0.6 is 0 Å². The van der Waals surface area contributed by atoms with Gasteiger partial charge < -0.3 is 14.2 Å². The molecule has 5 nitrogen and oxygen atoms in total. The fraction of sp³-hybridized carbons (Fsp3) is 0.731. The lowest BCUT2D eigenvalue weighted by molar-refractivity contribution is -0.123. The van der Waals surface area contributed by atoms with Crippen molar-refractivity contribution in [2.45, 2.75) is 108 Å². The van der Waals surface area contributed by atoms with Crippen LogP contribution in [0.3, 0.4) is 0 Å². The quantitative estimate of drug-likeness (QED) is 0.679. The first-order valence-corrected chi connectivity index (χ1v) is 12.6. The zero-order chi connectivity index (χ0) is 22.6. The molecule has 2 saturated heterocycles. The minimum absolute atomic E-state index is 0.241. The molecule has 1 aromatic rings. The molecule has 2 atom stereocenters. The molecule has 0 N–H and O–H groups in total. The van der Waals surface area contributed by atoms with E-state index in [4.69, 9.17) is 9.31 Å². The maximum atomic E-state index is 13.6. The number of fused-ring (bicyclic) bond motifs is 3. The number of nitrogens with zero attached hydrogens (tertiary/aromatic N) is 2. The summed E-state index contributed by atoms with van der Waals surface area (Å²) in [4.78, 5) is 18.4. The van der Waals surface area contributed by atoms with E-state index in [0.717, 1.165) is 41.5 Å². The molecule has 32 heavy (non-hydrogen) atoms. The predicted molar refractivity (Wildman–Crippen MR) is 127 cm³/mol. The third-order valence-corrected chi connectivity index (χ3v) is 9.61. The van der Waals surface area contributed by atoms with Gasteiger partial charge in [0.05, 0.1) is 16.6 Å². The van der Waals surface area contributed by atoms with E-state index >= 15 is 0 Å². The van der Waals surface area contributed by atoms with Crippen LogP contribution in [0.2, 0.25) is 0 Å². The Kier molecular flexibility index (Phi) is 4.38. The summed E-state index contributed by atoms with van der Waals surface area (Å²) in [5.74, 6) is 1.17. The average Bonchev–Trinajstić information content (AvgIpc) is 3.39. The molecule has 0 radical (unpaired) electrons. The highest BCUT2D eigenvalue weighted by molar-refractivity contribution is 6.62. The Labute approximate surface area is 193 Å². The zero-order valence-electron chi connectivity index (χ0n) is 20.5. The average molecular weight is 436 g/mol. The Morgan fingerprint density at radius 2 is 1.59 bits per heavy atom. The maximum absolute atomic E-state index is 13.6. The van der Waals surface area contributed by atoms with Crippen LogP contribution in [0.4, 0.5) is 5.69 Å². The van der Waals surface area contributed by atoms with Crippen molar-refractivity contribution in [2.75, 3.05) is 11.4 Å². The number of piperidine rings is 1. The molecule has 2 saturated carbocycles. The highest BCUT2D eigenvalue weighted by Gasteiger charge is 2.54. The minimum Gasteiger partial charge on any atom is -0.399 e. The first kappa shape index (κ1) is 21.2. The summed E-state index contributed by atoms with van der Waals surface area (Å²) in [6, 6.07) is 8.14. The highest BCUT2D eigenvalue weighted by Crippen LogP contribution is 2.48. The zero-order valence-corrected chi connectivity index (χ0v) is 20.5. The Balaban J connectivity index is 1.26. The summed E-state index contributed by atoms with van der Waals surface area (Å²) >= 11 is 0. The molecule has 2 bridgehead atoms. The molecule has 4 fully saturated rings. The van der Waals surface area contributed by atoms with Gasteiger partial charge in [0.2, 0.25) is 5.91 Å². The number of benzene rings is 1. The van der Waals surface area contributed by atoms with Crippen LogP contribution in [0, 0.1) is 5.92 Å². The van der Waals surface area contributed by atoms with E-state index in [1.165, 1.54) is 25.8 Å². The van der Waals surface area contributed by atoms with Crippen LogP contribution in [0.5, 0.6) is 0 Å². The van der Waals surface area contributed by atoms with Crippen LogP contribution in [-0.2, 0) is 19.5 Å². The van der Waals surface area contributed by atoms with Gasteiger partial charge in [0.1, 0.15) is 0 Å². The van der Waals surface area contributed by atoms with Crippen molar-refractivity contribution in [1.29, 1.82) is 0 Å². The van der Waals surface area contributed by atoms with Crippen molar-refractivity contribution < 1.29 is 14.1 Å². The normalized spacial score (nSPS) is 36.6. The Morgan fingerprint density at radius 3 is 2.19 bits per heavy atom. The largest absolute Gasteiger partial charge is 0.494 e. The van der Waals surface area contributed by atoms with Crippen LogP contribution in [-0.4, -0.2) is 53.8 Å². The third kappa shape index (κ3) is 2.85. The van der Waals surface area contributed by atoms with Gasteiger partial charge in [-0.15, -0.1) is 0 Å². The van der Waals surface area contributed by atoms with E-state index in [0.29, 0.717) is 12.1 Å². The molecule has 172 valence electrons. The van der Waals surface area contributed by atoms with Gasteiger partial charge in [-0.25, -0.2) is 0 Å². The molecule has 3 aliphatic heterocycles. The number of hydrogen-bond donors (Lipinski definition) is 0. The Morgan fingerprint density at radius 1 is 0.906 bits per heavy atom. The molecule has 3 heterocycles. The smallest absolute Gasteiger partial charge is 0.399 e. The molecular formula is C26H37BN2O3. The van der Waals surface area contributed by atoms with E-state index in [2.05, 4.69) is 69.5 Å². The second-order valence-electron chi connectivity index (χ2n) is 12.5. The molecule has 1 amide bonds. The molecule has 0 spiro atoms. The fourth-order valence-corrected chi connectivity index (χ4v) is 6.74. The van der Waals surface area contributed by atoms with Crippen molar-refractivity contribution in [3.8, 4) is 0 Å². The van der Waals surface area contributed by atoms with Gasteiger partial charge in [0.25, 0.3) is 0 Å². The monoisotopic (exact) mass is 436 g/mol. The van der Waals surface area contributed by atoms with Gasteiger partial charge in [-0.2, -0.15) is 0 Å². The Bertz CT molecular complexity index is 952. The summed E-state index contributed by atoms with van der Waals surface area (Å²) in [5.41, 5.74) is 1.97. The number of amides is 1. The number of rotatable bonds is 3. The molecule has 1 aromatic carbocycles. The first-order chi connectivity index (χ1) is 15.0. The van der Waals surface area contributed by atoms with E-state index in [9.17, 15) is 4.79 Å². The van der Waals surface area contributed by atoms with Crippen molar-refractivity contribution in [3.63, 3.8) is 0 Å². The van der Waals surface area contributed by atoms with Crippen LogP contribution < -0.4 is 10.4 Å². The van der Waals surface area contributed by atoms with Gasteiger partial charge in [0, 0.05) is 30.4 Å². The lowest BCUT2D eigenvalue weighted by Gasteiger charge is -2.48. The van der Waals surface area contributed by atoms with Gasteiger partial charge in [0.15, 0.2) is 0 Å². The van der Waals surface area contributed by atoms with Crippen LogP contribution in [0.1, 0.15) is 79.2 Å². The molecule has 6 heteroatoms. The van der Waals surface area contributed by atoms with Crippen molar-refractivity contribution in [2.24, 2.45) is 5.92 Å². The lowest BCUT2D eigenvalue weighted by Crippen LogP contribution is -2.57. The van der Waals surface area contributed by atoms with Gasteiger partial charge >= 0.3 is 7.12 Å². The van der Waals surface area contributed by atoms with Gasteiger partial charge in [-0.1, -0.05) is 12.1 Å². The van der Waals surface area contributed by atoms with Crippen molar-refractivity contribution in [1.82, 2.24) is 4.90 Å². The topological polar surface area (TPSA) is 42.0 Å². The lowest BCUT2D eigenvalue weighted by atomic mass is 9.76. The van der Waals surface area contributed by atoms with Gasteiger partial charge in [-0.05, 0) is 96.7 Å². The second-order valence-corrected chi connectivity index (χ2v) is 12.5. The van der Waals surface area contributed by atoms with E-state index < -0.39 is 12.5 Å². The van der Waals surface area contributed by atoms with Crippen LogP contribution in [0.15, 0.2) is 18.2 Å². The molecule has 5 aliphatic rings.